The smallest absolute Gasteiger partial charge is 0.361 e. The molecular formula is C62H114NO8+. The predicted octanol–water partition coefficient (Wildman–Crippen LogP) is 17.5. The highest BCUT2D eigenvalue weighted by molar-refractivity contribution is 5.71. The first-order valence-electron chi connectivity index (χ1n) is 29.8. The number of allylic oxidation sites excluding steroid dienone is 8. The number of quaternary nitrogens is 1. The summed E-state index contributed by atoms with van der Waals surface area (Å²) >= 11 is 0. The summed E-state index contributed by atoms with van der Waals surface area (Å²) in [6, 6.07) is 0. The molecule has 0 aliphatic carbocycles. The van der Waals surface area contributed by atoms with Crippen molar-refractivity contribution in [3.05, 3.63) is 48.6 Å². The summed E-state index contributed by atoms with van der Waals surface area (Å²) in [4.78, 5) is 37.5. The van der Waals surface area contributed by atoms with Gasteiger partial charge in [-0.15, -0.1) is 0 Å². The Hall–Kier alpha value is -2.75. The first-order chi connectivity index (χ1) is 34.6. The van der Waals surface area contributed by atoms with Crippen LogP contribution in [-0.2, 0) is 33.3 Å². The number of hydrogen-bond donors (Lipinski definition) is 1. The molecule has 0 amide bonds. The summed E-state index contributed by atoms with van der Waals surface area (Å²) < 4.78 is 22.9. The zero-order chi connectivity index (χ0) is 52.0. The average Bonchev–Trinajstić information content (AvgIpc) is 3.34. The van der Waals surface area contributed by atoms with E-state index >= 15 is 0 Å². The first kappa shape index (κ1) is 68.2. The van der Waals surface area contributed by atoms with Gasteiger partial charge in [-0.25, -0.2) is 4.79 Å². The van der Waals surface area contributed by atoms with Crippen LogP contribution in [0.2, 0.25) is 0 Å². The highest BCUT2D eigenvalue weighted by atomic mass is 16.7. The van der Waals surface area contributed by atoms with Gasteiger partial charge >= 0.3 is 17.9 Å². The van der Waals surface area contributed by atoms with Gasteiger partial charge in [-0.05, 0) is 51.4 Å². The fraction of sp³-hybridized carbons (Fsp3) is 0.823. The second-order valence-electron chi connectivity index (χ2n) is 21.3. The Bertz CT molecular complexity index is 1300. The van der Waals surface area contributed by atoms with Crippen molar-refractivity contribution in [1.82, 2.24) is 0 Å². The van der Waals surface area contributed by atoms with Gasteiger partial charge in [-0.3, -0.25) is 9.59 Å². The van der Waals surface area contributed by atoms with Gasteiger partial charge < -0.3 is 28.5 Å². The second kappa shape index (κ2) is 53.5. The number of unbranched alkanes of at least 4 members (excludes halogenated alkanes) is 32. The summed E-state index contributed by atoms with van der Waals surface area (Å²) in [7, 11) is 5.97. The van der Waals surface area contributed by atoms with Crippen LogP contribution >= 0.6 is 0 Å². The van der Waals surface area contributed by atoms with E-state index in [1.807, 2.05) is 21.1 Å². The molecule has 9 nitrogen and oxygen atoms in total. The van der Waals surface area contributed by atoms with Crippen LogP contribution in [0.25, 0.3) is 0 Å². The Kier molecular flexibility index (Phi) is 51.5. The summed E-state index contributed by atoms with van der Waals surface area (Å²) in [5, 5.41) is 9.71. The van der Waals surface area contributed by atoms with E-state index in [0.29, 0.717) is 17.4 Å². The normalized spacial score (nSPS) is 13.1. The molecule has 0 fully saturated rings. The van der Waals surface area contributed by atoms with Crippen molar-refractivity contribution in [1.29, 1.82) is 0 Å². The lowest BCUT2D eigenvalue weighted by atomic mass is 10.0. The highest BCUT2D eigenvalue weighted by Gasteiger charge is 2.25. The Morgan fingerprint density at radius 2 is 0.803 bits per heavy atom. The van der Waals surface area contributed by atoms with Gasteiger partial charge in [0.25, 0.3) is 6.29 Å². The minimum Gasteiger partial charge on any atom is -0.477 e. The number of carbonyl (C=O) groups is 3. The number of carbonyl (C=O) groups excluding carboxylic acids is 2. The molecular weight excluding hydrogens is 887 g/mol. The van der Waals surface area contributed by atoms with Crippen molar-refractivity contribution in [2.45, 2.75) is 283 Å². The quantitative estimate of drug-likeness (QED) is 0.0211. The average molecular weight is 1000 g/mol. The lowest BCUT2D eigenvalue weighted by Gasteiger charge is -2.25. The van der Waals surface area contributed by atoms with Crippen LogP contribution < -0.4 is 0 Å². The van der Waals surface area contributed by atoms with Crippen LogP contribution in [-0.4, -0.2) is 87.4 Å². The van der Waals surface area contributed by atoms with Crippen molar-refractivity contribution in [3.8, 4) is 0 Å². The number of carboxylic acid groups (broad SMARTS) is 1. The molecule has 2 unspecified atom stereocenters. The molecule has 2 atom stereocenters. The third-order valence-corrected chi connectivity index (χ3v) is 13.1. The molecule has 0 saturated carbocycles. The van der Waals surface area contributed by atoms with Crippen molar-refractivity contribution < 1.29 is 42.9 Å². The maximum Gasteiger partial charge on any atom is 0.361 e. The van der Waals surface area contributed by atoms with Gasteiger partial charge in [-0.2, -0.15) is 0 Å². The Balaban J connectivity index is 4.21. The lowest BCUT2D eigenvalue weighted by Crippen LogP contribution is -2.40. The van der Waals surface area contributed by atoms with E-state index in [1.54, 1.807) is 0 Å². The fourth-order valence-electron chi connectivity index (χ4n) is 8.54. The van der Waals surface area contributed by atoms with Gasteiger partial charge in [0.15, 0.2) is 6.10 Å². The van der Waals surface area contributed by atoms with Crippen molar-refractivity contribution in [2.75, 3.05) is 47.5 Å². The predicted molar refractivity (Wildman–Crippen MR) is 300 cm³/mol. The summed E-state index contributed by atoms with van der Waals surface area (Å²) in [5.41, 5.74) is 0. The minimum atomic E-state index is -1.51. The Labute approximate surface area is 438 Å². The Morgan fingerprint density at radius 3 is 1.20 bits per heavy atom. The second-order valence-corrected chi connectivity index (χ2v) is 21.3. The molecule has 0 aromatic rings. The van der Waals surface area contributed by atoms with Crippen molar-refractivity contribution in [3.63, 3.8) is 0 Å². The zero-order valence-electron chi connectivity index (χ0n) is 47.1. The molecule has 0 radical (unpaired) electrons. The van der Waals surface area contributed by atoms with Crippen LogP contribution in [0, 0.1) is 0 Å². The first-order valence-corrected chi connectivity index (χ1v) is 29.8. The molecule has 414 valence electrons. The largest absolute Gasteiger partial charge is 0.477 e. The van der Waals surface area contributed by atoms with E-state index < -0.39 is 24.3 Å². The summed E-state index contributed by atoms with van der Waals surface area (Å²) in [6.45, 7) is 4.80. The van der Waals surface area contributed by atoms with Crippen LogP contribution in [0.4, 0.5) is 0 Å². The van der Waals surface area contributed by atoms with Crippen molar-refractivity contribution >= 4 is 17.9 Å². The van der Waals surface area contributed by atoms with Crippen LogP contribution in [0.5, 0.6) is 0 Å². The molecule has 0 heterocycles. The number of nitrogens with zero attached hydrogens (tertiary/aromatic N) is 1. The van der Waals surface area contributed by atoms with E-state index in [1.165, 1.54) is 167 Å². The fourth-order valence-corrected chi connectivity index (χ4v) is 8.54. The number of rotatable bonds is 55. The van der Waals surface area contributed by atoms with Gasteiger partial charge in [-0.1, -0.05) is 255 Å². The van der Waals surface area contributed by atoms with Crippen LogP contribution in [0.3, 0.4) is 0 Å². The molecule has 0 aliphatic heterocycles. The third-order valence-electron chi connectivity index (χ3n) is 13.1. The van der Waals surface area contributed by atoms with Crippen LogP contribution in [0.1, 0.15) is 271 Å². The van der Waals surface area contributed by atoms with Gasteiger partial charge in [0.2, 0.25) is 0 Å². The van der Waals surface area contributed by atoms with Crippen LogP contribution in [0.15, 0.2) is 48.6 Å². The zero-order valence-corrected chi connectivity index (χ0v) is 47.1. The number of ether oxygens (including phenoxy) is 4. The highest BCUT2D eigenvalue weighted by Crippen LogP contribution is 2.17. The van der Waals surface area contributed by atoms with E-state index in [2.05, 4.69) is 62.5 Å². The van der Waals surface area contributed by atoms with Gasteiger partial charge in [0.1, 0.15) is 13.2 Å². The van der Waals surface area contributed by atoms with E-state index in [9.17, 15) is 19.5 Å². The number of carboxylic acids is 1. The SMILES string of the molecule is CC/C=C\C/C=C\C/C=C\C/C=C\CCCCCCCCCCCCC(=O)OC(COC(=O)CCCCCCCCCCCCCCCCCCCCCCCCC)COC(OCC[N+](C)(C)C)C(=O)O. The summed E-state index contributed by atoms with van der Waals surface area (Å²) in [5.74, 6) is -2.00. The molecule has 0 spiro atoms. The molecule has 0 rings (SSSR count). The standard InChI is InChI=1S/C62H113NO8/c1-6-8-10-12-14-16-18-20-22-24-26-28-30-32-34-36-38-40-42-44-46-48-50-52-59(64)69-56-58(57-70-62(61(66)67)68-55-54-63(3,4)5)71-60(65)53-51-49-47-45-43-41-39-37-35-33-31-29-27-25-23-21-19-17-15-13-11-9-7-2/h9,11,15,17,21,23,27,29,58,62H,6-8,10,12-14,16,18-20,22,24-26,28,30-57H2,1-5H3/p+1/b11-9-,17-15-,23-21-,29-27-. The summed E-state index contributed by atoms with van der Waals surface area (Å²) in [6.07, 6.45) is 63.3. The maximum absolute atomic E-state index is 12.9. The molecule has 1 N–H and O–H groups in total. The minimum absolute atomic E-state index is 0.181. The lowest BCUT2D eigenvalue weighted by molar-refractivity contribution is -0.870. The van der Waals surface area contributed by atoms with Crippen molar-refractivity contribution in [2.24, 2.45) is 0 Å². The number of likely N-dealkylation sites (N-methyl/N-ethyl adjacent to an activating group) is 1. The monoisotopic (exact) mass is 1000 g/mol. The number of aliphatic carboxylic acids is 1. The topological polar surface area (TPSA) is 108 Å². The van der Waals surface area contributed by atoms with Gasteiger partial charge in [0, 0.05) is 12.8 Å². The molecule has 0 saturated heterocycles. The third kappa shape index (κ3) is 54.9. The Morgan fingerprint density at radius 1 is 0.437 bits per heavy atom. The molecule has 0 bridgehead atoms. The molecule has 9 heteroatoms. The number of esters is 2. The maximum atomic E-state index is 12.9. The number of hydrogen-bond acceptors (Lipinski definition) is 7. The molecule has 0 aromatic carbocycles. The van der Waals surface area contributed by atoms with E-state index in [-0.39, 0.29) is 32.2 Å². The molecule has 71 heavy (non-hydrogen) atoms. The van der Waals surface area contributed by atoms with E-state index in [4.69, 9.17) is 18.9 Å². The molecule has 0 aliphatic rings. The van der Waals surface area contributed by atoms with Gasteiger partial charge in [0.05, 0.1) is 34.4 Å². The molecule has 0 aromatic heterocycles. The van der Waals surface area contributed by atoms with E-state index in [0.717, 1.165) is 77.0 Å².